The molecule has 0 saturated carbocycles. The zero-order valence-electron chi connectivity index (χ0n) is 9.86. The van der Waals surface area contributed by atoms with Gasteiger partial charge in [-0.3, -0.25) is 0 Å². The number of phenols is 1. The van der Waals surface area contributed by atoms with Gasteiger partial charge in [-0.25, -0.2) is 4.79 Å². The van der Waals surface area contributed by atoms with E-state index in [0.717, 1.165) is 12.1 Å². The Hall–Kier alpha value is -2.18. The van der Waals surface area contributed by atoms with Crippen molar-refractivity contribution in [2.24, 2.45) is 0 Å². The number of carboxylic acids is 1. The van der Waals surface area contributed by atoms with Crippen LogP contribution in [-0.4, -0.2) is 22.8 Å². The lowest BCUT2D eigenvalue weighted by Gasteiger charge is -2.15. The fourth-order valence-electron chi connectivity index (χ4n) is 1.41. The summed E-state index contributed by atoms with van der Waals surface area (Å²) in [4.78, 5) is 10.3. The second-order valence-electron chi connectivity index (χ2n) is 3.52. The summed E-state index contributed by atoms with van der Waals surface area (Å²) in [5, 5.41) is 17.9. The van der Waals surface area contributed by atoms with E-state index in [2.05, 4.69) is 0 Å². The molecule has 0 aliphatic carbocycles. The number of halogens is 3. The lowest BCUT2D eigenvalue weighted by molar-refractivity contribution is -0.139. The molecule has 7 heteroatoms. The highest BCUT2D eigenvalue weighted by Crippen LogP contribution is 2.42. The molecule has 0 atom stereocenters. The molecule has 0 fully saturated rings. The van der Waals surface area contributed by atoms with Crippen molar-refractivity contribution in [1.82, 2.24) is 0 Å². The molecule has 19 heavy (non-hydrogen) atoms. The number of ether oxygens (including phenoxy) is 1. The van der Waals surface area contributed by atoms with Gasteiger partial charge in [-0.1, -0.05) is 0 Å². The average Bonchev–Trinajstić information content (AvgIpc) is 2.28. The predicted octanol–water partition coefficient (Wildman–Crippen LogP) is 2.91. The quantitative estimate of drug-likeness (QED) is 0.830. The van der Waals surface area contributed by atoms with E-state index in [0.29, 0.717) is 12.1 Å². The van der Waals surface area contributed by atoms with Gasteiger partial charge in [-0.15, -0.1) is 0 Å². The van der Waals surface area contributed by atoms with Gasteiger partial charge in [-0.2, -0.15) is 13.2 Å². The third kappa shape index (κ3) is 3.90. The monoisotopic (exact) mass is 276 g/mol. The van der Waals surface area contributed by atoms with Crippen LogP contribution in [0.5, 0.6) is 11.5 Å². The van der Waals surface area contributed by atoms with Gasteiger partial charge in [0, 0.05) is 6.08 Å². The summed E-state index contributed by atoms with van der Waals surface area (Å²) in [6.07, 6.45) is -3.09. The molecular formula is C12H11F3O4. The standard InChI is InChI=1S/C12H11F3O4/c1-2-19-11-8(12(13,14)15)5-7(6-9(11)16)3-4-10(17)18/h3-6,16H,2H2,1H3,(H,17,18)/b4-3+. The number of aliphatic carboxylic acids is 1. The third-order valence-electron chi connectivity index (χ3n) is 2.10. The van der Waals surface area contributed by atoms with Crippen molar-refractivity contribution in [3.8, 4) is 11.5 Å². The van der Waals surface area contributed by atoms with Gasteiger partial charge in [0.2, 0.25) is 0 Å². The summed E-state index contributed by atoms with van der Waals surface area (Å²) in [5.41, 5.74) is -1.24. The van der Waals surface area contributed by atoms with Crippen LogP contribution in [0.2, 0.25) is 0 Å². The largest absolute Gasteiger partial charge is 0.504 e. The van der Waals surface area contributed by atoms with Crippen LogP contribution in [0.25, 0.3) is 6.08 Å². The minimum Gasteiger partial charge on any atom is -0.504 e. The normalized spacial score (nSPS) is 11.8. The van der Waals surface area contributed by atoms with Crippen molar-refractivity contribution in [2.45, 2.75) is 13.1 Å². The molecule has 0 amide bonds. The van der Waals surface area contributed by atoms with Crippen molar-refractivity contribution in [2.75, 3.05) is 6.61 Å². The fraction of sp³-hybridized carbons (Fsp3) is 0.250. The van der Waals surface area contributed by atoms with E-state index in [1.165, 1.54) is 6.92 Å². The van der Waals surface area contributed by atoms with Crippen molar-refractivity contribution < 1.29 is 32.9 Å². The number of rotatable bonds is 4. The Morgan fingerprint density at radius 3 is 2.53 bits per heavy atom. The summed E-state index contributed by atoms with van der Waals surface area (Å²) in [5.74, 6) is -2.66. The molecule has 0 bridgehead atoms. The number of phenolic OH excluding ortho intramolecular Hbond substituents is 1. The highest BCUT2D eigenvalue weighted by Gasteiger charge is 2.36. The zero-order chi connectivity index (χ0) is 14.6. The van der Waals surface area contributed by atoms with Crippen LogP contribution in [0.1, 0.15) is 18.1 Å². The molecule has 0 radical (unpaired) electrons. The van der Waals surface area contributed by atoms with Crippen LogP contribution >= 0.6 is 0 Å². The summed E-state index contributed by atoms with van der Waals surface area (Å²) in [7, 11) is 0. The Balaban J connectivity index is 3.34. The Kier molecular flexibility index (Phi) is 4.42. The van der Waals surface area contributed by atoms with Crippen molar-refractivity contribution in [3.05, 3.63) is 29.3 Å². The highest BCUT2D eigenvalue weighted by molar-refractivity contribution is 5.85. The molecule has 0 aromatic heterocycles. The van der Waals surface area contributed by atoms with Crippen LogP contribution in [-0.2, 0) is 11.0 Å². The van der Waals surface area contributed by atoms with Gasteiger partial charge in [0.05, 0.1) is 6.61 Å². The van der Waals surface area contributed by atoms with Crippen molar-refractivity contribution in [3.63, 3.8) is 0 Å². The number of carboxylic acid groups (broad SMARTS) is 1. The third-order valence-corrected chi connectivity index (χ3v) is 2.10. The molecule has 0 spiro atoms. The molecule has 104 valence electrons. The van der Waals surface area contributed by atoms with Gasteiger partial charge >= 0.3 is 12.1 Å². The van der Waals surface area contributed by atoms with Crippen molar-refractivity contribution in [1.29, 1.82) is 0 Å². The van der Waals surface area contributed by atoms with Crippen LogP contribution in [0.3, 0.4) is 0 Å². The smallest absolute Gasteiger partial charge is 0.420 e. The first-order chi connectivity index (χ1) is 8.75. The number of aromatic hydroxyl groups is 1. The van der Waals surface area contributed by atoms with E-state index in [1.807, 2.05) is 0 Å². The molecule has 4 nitrogen and oxygen atoms in total. The van der Waals surface area contributed by atoms with Gasteiger partial charge in [-0.05, 0) is 30.7 Å². The van der Waals surface area contributed by atoms with E-state index in [-0.39, 0.29) is 12.2 Å². The minimum atomic E-state index is -4.71. The molecule has 0 unspecified atom stereocenters. The average molecular weight is 276 g/mol. The first kappa shape index (κ1) is 14.9. The molecular weight excluding hydrogens is 265 g/mol. The molecule has 2 N–H and O–H groups in total. The molecule has 0 aliphatic rings. The number of hydrogen-bond acceptors (Lipinski definition) is 3. The summed E-state index contributed by atoms with van der Waals surface area (Å²) in [6.45, 7) is 1.44. The maximum absolute atomic E-state index is 12.8. The van der Waals surface area contributed by atoms with Crippen molar-refractivity contribution >= 4 is 12.0 Å². The Labute approximate surface area is 106 Å². The maximum Gasteiger partial charge on any atom is 0.420 e. The Morgan fingerprint density at radius 1 is 1.42 bits per heavy atom. The number of hydrogen-bond donors (Lipinski definition) is 2. The Bertz CT molecular complexity index is 506. The van der Waals surface area contributed by atoms with E-state index >= 15 is 0 Å². The minimum absolute atomic E-state index is 0.0407. The van der Waals surface area contributed by atoms with E-state index < -0.39 is 29.2 Å². The fourth-order valence-corrected chi connectivity index (χ4v) is 1.41. The summed E-state index contributed by atoms with van der Waals surface area (Å²) >= 11 is 0. The van der Waals surface area contributed by atoms with Crippen LogP contribution in [0, 0.1) is 0 Å². The summed E-state index contributed by atoms with van der Waals surface area (Å²) < 4.78 is 43.2. The number of carbonyl (C=O) groups is 1. The molecule has 0 saturated heterocycles. The predicted molar refractivity (Wildman–Crippen MR) is 60.9 cm³/mol. The molecule has 0 heterocycles. The Morgan fingerprint density at radius 2 is 2.05 bits per heavy atom. The van der Waals surface area contributed by atoms with E-state index in [4.69, 9.17) is 9.84 Å². The second kappa shape index (κ2) is 5.64. The van der Waals surface area contributed by atoms with Gasteiger partial charge in [0.15, 0.2) is 11.5 Å². The molecule has 0 aliphatic heterocycles. The van der Waals surface area contributed by atoms with Crippen LogP contribution in [0.4, 0.5) is 13.2 Å². The van der Waals surface area contributed by atoms with E-state index in [1.54, 1.807) is 0 Å². The lowest BCUT2D eigenvalue weighted by Crippen LogP contribution is -2.09. The summed E-state index contributed by atoms with van der Waals surface area (Å²) in [6, 6.07) is 1.71. The van der Waals surface area contributed by atoms with Crippen LogP contribution in [0.15, 0.2) is 18.2 Å². The zero-order valence-corrected chi connectivity index (χ0v) is 9.86. The molecule has 1 aromatic rings. The van der Waals surface area contributed by atoms with Crippen LogP contribution < -0.4 is 4.74 Å². The first-order valence-electron chi connectivity index (χ1n) is 5.23. The molecule has 1 rings (SSSR count). The second-order valence-corrected chi connectivity index (χ2v) is 3.52. The van der Waals surface area contributed by atoms with E-state index in [9.17, 15) is 23.1 Å². The van der Waals surface area contributed by atoms with Gasteiger partial charge in [0.25, 0.3) is 0 Å². The van der Waals surface area contributed by atoms with Gasteiger partial charge < -0.3 is 14.9 Å². The topological polar surface area (TPSA) is 66.8 Å². The maximum atomic E-state index is 12.8. The van der Waals surface area contributed by atoms with Gasteiger partial charge in [0.1, 0.15) is 5.56 Å². The first-order valence-corrected chi connectivity index (χ1v) is 5.23. The highest BCUT2D eigenvalue weighted by atomic mass is 19.4. The number of benzene rings is 1. The number of alkyl halides is 3. The molecule has 1 aromatic carbocycles. The SMILES string of the molecule is CCOc1c(O)cc(/C=C/C(=O)O)cc1C(F)(F)F. The lowest BCUT2D eigenvalue weighted by atomic mass is 10.1.